The quantitative estimate of drug-likeness (QED) is 0.737. The molecule has 6 heteroatoms. The van der Waals surface area contributed by atoms with E-state index in [0.29, 0.717) is 18.0 Å². The SMILES string of the molecule is CC1(C)CC(=O)C(C(=S)Nc2ccccc2)C(=NCc2ccc3c(c2)OCO3)C1. The molecule has 1 unspecified atom stereocenters. The summed E-state index contributed by atoms with van der Waals surface area (Å²) in [6, 6.07) is 15.5. The topological polar surface area (TPSA) is 59.9 Å². The molecule has 150 valence electrons. The first-order valence-corrected chi connectivity index (χ1v) is 10.1. The van der Waals surface area contributed by atoms with Crippen LogP contribution in [0.3, 0.4) is 0 Å². The Bertz CT molecular complexity index is 969. The second-order valence-electron chi connectivity index (χ2n) is 8.27. The van der Waals surface area contributed by atoms with Crippen LogP contribution in [-0.4, -0.2) is 23.3 Å². The summed E-state index contributed by atoms with van der Waals surface area (Å²) < 4.78 is 10.8. The third-order valence-corrected chi connectivity index (χ3v) is 5.51. The normalized spacial score (nSPS) is 21.2. The molecule has 0 saturated heterocycles. The van der Waals surface area contributed by atoms with Crippen molar-refractivity contribution in [2.45, 2.75) is 33.2 Å². The van der Waals surface area contributed by atoms with Crippen LogP contribution in [0.5, 0.6) is 11.5 Å². The van der Waals surface area contributed by atoms with Crippen molar-refractivity contribution < 1.29 is 14.3 Å². The Labute approximate surface area is 176 Å². The fraction of sp³-hybridized carbons (Fsp3) is 0.348. The van der Waals surface area contributed by atoms with E-state index in [1.807, 2.05) is 48.5 Å². The van der Waals surface area contributed by atoms with E-state index in [0.717, 1.165) is 34.9 Å². The third kappa shape index (κ3) is 4.48. The van der Waals surface area contributed by atoms with Crippen LogP contribution >= 0.6 is 12.2 Å². The van der Waals surface area contributed by atoms with Crippen molar-refractivity contribution in [1.29, 1.82) is 0 Å². The maximum atomic E-state index is 13.0. The highest BCUT2D eigenvalue weighted by Gasteiger charge is 2.40. The standard InChI is InChI=1S/C23H24N2O3S/c1-23(2)11-17(24-13-15-8-9-19-20(10-15)28-14-27-19)21(18(26)12-23)22(29)25-16-6-4-3-5-7-16/h3-10,21H,11-14H2,1-2H3,(H,25,29). The maximum absolute atomic E-state index is 13.0. The van der Waals surface area contributed by atoms with Crippen LogP contribution in [0.15, 0.2) is 53.5 Å². The lowest BCUT2D eigenvalue weighted by atomic mass is 9.71. The lowest BCUT2D eigenvalue weighted by Crippen LogP contribution is -2.43. The molecule has 0 bridgehead atoms. The summed E-state index contributed by atoms with van der Waals surface area (Å²) in [5, 5.41) is 3.22. The molecule has 1 atom stereocenters. The van der Waals surface area contributed by atoms with E-state index in [9.17, 15) is 4.79 Å². The van der Waals surface area contributed by atoms with Crippen LogP contribution in [0.25, 0.3) is 0 Å². The number of fused-ring (bicyclic) bond motifs is 1. The van der Waals surface area contributed by atoms with E-state index >= 15 is 0 Å². The van der Waals surface area contributed by atoms with Crippen LogP contribution in [0, 0.1) is 11.3 Å². The van der Waals surface area contributed by atoms with Gasteiger partial charge in [0.25, 0.3) is 0 Å². The molecule has 0 amide bonds. The van der Waals surface area contributed by atoms with E-state index < -0.39 is 5.92 Å². The van der Waals surface area contributed by atoms with E-state index in [-0.39, 0.29) is 18.0 Å². The zero-order valence-corrected chi connectivity index (χ0v) is 17.4. The van der Waals surface area contributed by atoms with Gasteiger partial charge in [-0.2, -0.15) is 0 Å². The van der Waals surface area contributed by atoms with E-state index in [1.54, 1.807) is 0 Å². The number of para-hydroxylation sites is 1. The second-order valence-corrected chi connectivity index (χ2v) is 8.71. The van der Waals surface area contributed by atoms with Gasteiger partial charge >= 0.3 is 0 Å². The number of hydrogen-bond donors (Lipinski definition) is 1. The molecule has 0 aromatic heterocycles. The molecule has 2 aromatic carbocycles. The van der Waals surface area contributed by atoms with Crippen LogP contribution in [0.1, 0.15) is 32.3 Å². The Balaban J connectivity index is 1.57. The van der Waals surface area contributed by atoms with Gasteiger partial charge in [0.2, 0.25) is 6.79 Å². The molecule has 5 nitrogen and oxygen atoms in total. The van der Waals surface area contributed by atoms with Crippen molar-refractivity contribution in [3.63, 3.8) is 0 Å². The average Bonchev–Trinajstić information content (AvgIpc) is 3.13. The Morgan fingerprint density at radius 3 is 2.69 bits per heavy atom. The van der Waals surface area contributed by atoms with Gasteiger partial charge in [-0.25, -0.2) is 0 Å². The number of thiocarbonyl (C=S) groups is 1. The number of ether oxygens (including phenoxy) is 2. The van der Waals surface area contributed by atoms with Gasteiger partial charge in [-0.05, 0) is 41.7 Å². The number of carbonyl (C=O) groups excluding carboxylic acids is 1. The summed E-state index contributed by atoms with van der Waals surface area (Å²) in [6.45, 7) is 4.92. The van der Waals surface area contributed by atoms with Gasteiger partial charge in [0.1, 0.15) is 11.7 Å². The van der Waals surface area contributed by atoms with Gasteiger partial charge < -0.3 is 14.8 Å². The first-order valence-electron chi connectivity index (χ1n) is 9.72. The van der Waals surface area contributed by atoms with Crippen molar-refractivity contribution in [2.75, 3.05) is 12.1 Å². The van der Waals surface area contributed by atoms with Crippen LogP contribution in [0.4, 0.5) is 5.69 Å². The molecule has 1 aliphatic heterocycles. The molecule has 1 saturated carbocycles. The summed E-state index contributed by atoms with van der Waals surface area (Å²) in [6.07, 6.45) is 1.24. The maximum Gasteiger partial charge on any atom is 0.231 e. The summed E-state index contributed by atoms with van der Waals surface area (Å²) in [4.78, 5) is 18.3. The fourth-order valence-corrected chi connectivity index (χ4v) is 4.21. The van der Waals surface area contributed by atoms with Crippen LogP contribution in [0.2, 0.25) is 0 Å². The first kappa shape index (κ1) is 19.6. The van der Waals surface area contributed by atoms with E-state index in [1.165, 1.54) is 0 Å². The number of carbonyl (C=O) groups is 1. The van der Waals surface area contributed by atoms with Crippen molar-refractivity contribution in [1.82, 2.24) is 0 Å². The highest BCUT2D eigenvalue weighted by atomic mass is 32.1. The highest BCUT2D eigenvalue weighted by Crippen LogP contribution is 2.36. The minimum atomic E-state index is -0.479. The van der Waals surface area contributed by atoms with Gasteiger partial charge in [-0.1, -0.05) is 50.3 Å². The Kier molecular flexibility index (Phi) is 5.37. The first-order chi connectivity index (χ1) is 13.9. The number of hydrogen-bond acceptors (Lipinski definition) is 5. The number of ketones is 1. The van der Waals surface area contributed by atoms with E-state index in [2.05, 4.69) is 19.2 Å². The van der Waals surface area contributed by atoms with Gasteiger partial charge in [-0.3, -0.25) is 9.79 Å². The van der Waals surface area contributed by atoms with Crippen LogP contribution < -0.4 is 14.8 Å². The average molecular weight is 409 g/mol. The monoisotopic (exact) mass is 408 g/mol. The molecule has 4 rings (SSSR count). The van der Waals surface area contributed by atoms with E-state index in [4.69, 9.17) is 26.7 Å². The fourth-order valence-electron chi connectivity index (χ4n) is 3.83. The smallest absolute Gasteiger partial charge is 0.231 e. The number of rotatable bonds is 4. The number of Topliss-reactive ketones (excluding diaryl/α,β-unsaturated/α-hetero) is 1. The van der Waals surface area contributed by atoms with Crippen molar-refractivity contribution >= 4 is 34.4 Å². The number of nitrogens with zero attached hydrogens (tertiary/aromatic N) is 1. The van der Waals surface area contributed by atoms with Gasteiger partial charge in [-0.15, -0.1) is 0 Å². The summed E-state index contributed by atoms with van der Waals surface area (Å²) in [5.41, 5.74) is 2.62. The molecule has 2 aliphatic rings. The lowest BCUT2D eigenvalue weighted by molar-refractivity contribution is -0.122. The predicted molar refractivity (Wildman–Crippen MR) is 118 cm³/mol. The predicted octanol–water partition coefficient (Wildman–Crippen LogP) is 4.80. The zero-order valence-electron chi connectivity index (χ0n) is 16.6. The van der Waals surface area contributed by atoms with Gasteiger partial charge in [0, 0.05) is 17.8 Å². The minimum Gasteiger partial charge on any atom is -0.454 e. The molecule has 1 aliphatic carbocycles. The van der Waals surface area contributed by atoms with Crippen molar-refractivity contribution in [3.05, 3.63) is 54.1 Å². The Morgan fingerprint density at radius 2 is 1.90 bits per heavy atom. The van der Waals surface area contributed by atoms with Crippen molar-refractivity contribution in [3.8, 4) is 11.5 Å². The zero-order chi connectivity index (χ0) is 20.4. The summed E-state index contributed by atoms with van der Waals surface area (Å²) in [5.74, 6) is 1.13. The molecule has 2 aromatic rings. The molecule has 29 heavy (non-hydrogen) atoms. The van der Waals surface area contributed by atoms with Crippen LogP contribution in [-0.2, 0) is 11.3 Å². The molecule has 0 spiro atoms. The molecule has 1 heterocycles. The minimum absolute atomic E-state index is 0.121. The summed E-state index contributed by atoms with van der Waals surface area (Å²) >= 11 is 5.63. The van der Waals surface area contributed by atoms with Gasteiger partial charge in [0.05, 0.1) is 11.5 Å². The Morgan fingerprint density at radius 1 is 1.14 bits per heavy atom. The molecular formula is C23H24N2O3S. The molecule has 1 N–H and O–H groups in total. The van der Waals surface area contributed by atoms with Crippen molar-refractivity contribution in [2.24, 2.45) is 16.3 Å². The highest BCUT2D eigenvalue weighted by molar-refractivity contribution is 7.80. The second kappa shape index (κ2) is 7.95. The Hall–Kier alpha value is -2.73. The number of benzene rings is 2. The largest absolute Gasteiger partial charge is 0.454 e. The number of nitrogens with one attached hydrogen (secondary N) is 1. The third-order valence-electron chi connectivity index (χ3n) is 5.17. The molecule has 1 fully saturated rings. The molecular weight excluding hydrogens is 384 g/mol. The summed E-state index contributed by atoms with van der Waals surface area (Å²) in [7, 11) is 0. The number of aliphatic imine (C=N–C) groups is 1. The number of anilines is 1. The van der Waals surface area contributed by atoms with Gasteiger partial charge in [0.15, 0.2) is 11.5 Å². The molecule has 0 radical (unpaired) electrons. The lowest BCUT2D eigenvalue weighted by Gasteiger charge is -2.35.